The van der Waals surface area contributed by atoms with Gasteiger partial charge < -0.3 is 9.97 Å². The summed E-state index contributed by atoms with van der Waals surface area (Å²) in [5, 5.41) is 0. The van der Waals surface area contributed by atoms with Gasteiger partial charge in [0.05, 0.1) is 22.1 Å². The first-order chi connectivity index (χ1) is 11.5. The summed E-state index contributed by atoms with van der Waals surface area (Å²) in [7, 11) is 0. The number of hydrogen-bond donors (Lipinski definition) is 2. The van der Waals surface area contributed by atoms with E-state index in [4.69, 9.17) is 0 Å². The highest BCUT2D eigenvalue weighted by Crippen LogP contribution is 2.22. The highest BCUT2D eigenvalue weighted by atomic mass is 16.1. The van der Waals surface area contributed by atoms with Crippen LogP contribution in [-0.2, 0) is 0 Å². The fourth-order valence-electron chi connectivity index (χ4n) is 3.19. The summed E-state index contributed by atoms with van der Waals surface area (Å²) in [5.41, 5.74) is 3.73. The van der Waals surface area contributed by atoms with Crippen LogP contribution in [0.4, 0.5) is 0 Å². The maximum Gasteiger partial charge on any atom is 0.259 e. The number of aryl methyl sites for hydroxylation is 2. The lowest BCUT2D eigenvalue weighted by atomic mass is 10.2. The molecule has 5 aromatic rings. The van der Waals surface area contributed by atoms with Crippen molar-refractivity contribution in [2.45, 2.75) is 13.8 Å². The second-order valence-electron chi connectivity index (χ2n) is 5.95. The lowest BCUT2D eigenvalue weighted by Gasteiger charge is -1.98. The first kappa shape index (κ1) is 13.1. The zero-order chi connectivity index (χ0) is 16.6. The number of benzene rings is 1. The summed E-state index contributed by atoms with van der Waals surface area (Å²) in [6, 6.07) is 6.60. The van der Waals surface area contributed by atoms with Gasteiger partial charge in [0.1, 0.15) is 0 Å². The van der Waals surface area contributed by atoms with Crippen molar-refractivity contribution in [1.29, 1.82) is 0 Å². The van der Waals surface area contributed by atoms with Gasteiger partial charge in [-0.05, 0) is 26.0 Å². The van der Waals surface area contributed by atoms with Crippen molar-refractivity contribution in [2.24, 2.45) is 0 Å². The largest absolute Gasteiger partial charge is 0.329 e. The summed E-state index contributed by atoms with van der Waals surface area (Å²) in [6.07, 6.45) is 0. The van der Waals surface area contributed by atoms with Crippen LogP contribution in [0.5, 0.6) is 0 Å². The quantitative estimate of drug-likeness (QED) is 0.449. The highest BCUT2D eigenvalue weighted by Gasteiger charge is 2.14. The van der Waals surface area contributed by atoms with Crippen molar-refractivity contribution in [3.05, 3.63) is 56.4 Å². The van der Waals surface area contributed by atoms with Crippen LogP contribution < -0.4 is 11.1 Å². The number of aromatic amines is 2. The molecule has 8 nitrogen and oxygen atoms in total. The minimum absolute atomic E-state index is 0.165. The second-order valence-corrected chi connectivity index (χ2v) is 5.95. The van der Waals surface area contributed by atoms with Gasteiger partial charge in [0, 0.05) is 23.5 Å². The molecule has 4 aromatic heterocycles. The Labute approximate surface area is 133 Å². The Morgan fingerprint density at radius 1 is 0.750 bits per heavy atom. The van der Waals surface area contributed by atoms with E-state index in [9.17, 15) is 9.59 Å². The minimum atomic E-state index is -0.165. The highest BCUT2D eigenvalue weighted by molar-refractivity contribution is 5.94. The zero-order valence-electron chi connectivity index (χ0n) is 12.9. The number of imidazole rings is 2. The number of aromatic nitrogens is 6. The van der Waals surface area contributed by atoms with Crippen LogP contribution in [0, 0.1) is 13.8 Å². The van der Waals surface area contributed by atoms with Gasteiger partial charge >= 0.3 is 0 Å². The molecule has 0 spiro atoms. The minimum Gasteiger partial charge on any atom is -0.329 e. The van der Waals surface area contributed by atoms with Gasteiger partial charge in [-0.15, -0.1) is 0 Å². The van der Waals surface area contributed by atoms with E-state index in [1.165, 1.54) is 20.9 Å². The van der Waals surface area contributed by atoms with Gasteiger partial charge in [-0.1, -0.05) is 0 Å². The van der Waals surface area contributed by atoms with Crippen LogP contribution in [0.25, 0.3) is 33.6 Å². The van der Waals surface area contributed by atoms with Crippen molar-refractivity contribution < 1.29 is 0 Å². The molecule has 8 heteroatoms. The summed E-state index contributed by atoms with van der Waals surface area (Å²) < 4.78 is 3.01. The molecule has 0 amide bonds. The molecule has 0 aliphatic carbocycles. The Balaban J connectivity index is 2.05. The number of nitrogens with zero attached hydrogens (tertiary/aromatic N) is 4. The standard InChI is InChI=1S/C16H12N6O2/c1-7-3-13(23)21-11-6-12-10(5-9(11)19-15(21)17-7)20-16-18-8(2)4-14(24)22(12)16/h3-6H,1-2H3,(H,17,19)(H,18,20). The van der Waals surface area contributed by atoms with Gasteiger partial charge in [0.2, 0.25) is 11.6 Å². The van der Waals surface area contributed by atoms with Crippen molar-refractivity contribution in [1.82, 2.24) is 28.7 Å². The van der Waals surface area contributed by atoms with E-state index in [0.717, 1.165) is 11.4 Å². The molecule has 0 saturated heterocycles. The number of rotatable bonds is 0. The van der Waals surface area contributed by atoms with Gasteiger partial charge in [-0.3, -0.25) is 9.59 Å². The molecule has 118 valence electrons. The van der Waals surface area contributed by atoms with Gasteiger partial charge in [0.25, 0.3) is 11.1 Å². The topological polar surface area (TPSA) is 100 Å². The third-order valence-electron chi connectivity index (χ3n) is 4.17. The van der Waals surface area contributed by atoms with Crippen LogP contribution in [0.3, 0.4) is 0 Å². The smallest absolute Gasteiger partial charge is 0.259 e. The predicted octanol–water partition coefficient (Wildman–Crippen LogP) is 1.28. The lowest BCUT2D eigenvalue weighted by Crippen LogP contribution is -2.14. The molecule has 0 bridgehead atoms. The SMILES string of the molecule is Cc1cc(=O)n2c(nc3cc4nc5[nH]c(C)cc(=O)n5c4cc32)[nH]1. The van der Waals surface area contributed by atoms with Crippen LogP contribution in [0.2, 0.25) is 0 Å². The summed E-state index contributed by atoms with van der Waals surface area (Å²) >= 11 is 0. The Hall–Kier alpha value is -3.42. The molecule has 5 rings (SSSR count). The van der Waals surface area contributed by atoms with E-state index in [0.29, 0.717) is 33.6 Å². The monoisotopic (exact) mass is 320 g/mol. The van der Waals surface area contributed by atoms with Crippen LogP contribution in [0.15, 0.2) is 33.9 Å². The Bertz CT molecular complexity index is 1310. The number of H-pyrrole nitrogens is 2. The average molecular weight is 320 g/mol. The van der Waals surface area contributed by atoms with E-state index in [2.05, 4.69) is 19.9 Å². The first-order valence-corrected chi connectivity index (χ1v) is 7.45. The summed E-state index contributed by atoms with van der Waals surface area (Å²) in [6.45, 7) is 3.62. The average Bonchev–Trinajstić information content (AvgIpc) is 3.00. The molecule has 0 atom stereocenters. The Morgan fingerprint density at radius 2 is 1.21 bits per heavy atom. The third kappa shape index (κ3) is 1.56. The molecule has 2 N–H and O–H groups in total. The van der Waals surface area contributed by atoms with E-state index in [1.54, 1.807) is 12.1 Å². The third-order valence-corrected chi connectivity index (χ3v) is 4.17. The molecule has 1 aromatic carbocycles. The molecule has 0 radical (unpaired) electrons. The predicted molar refractivity (Wildman–Crippen MR) is 89.7 cm³/mol. The molecule has 0 unspecified atom stereocenters. The van der Waals surface area contributed by atoms with Gasteiger partial charge in [-0.25, -0.2) is 18.8 Å². The van der Waals surface area contributed by atoms with Gasteiger partial charge in [-0.2, -0.15) is 0 Å². The molecule has 4 heterocycles. The second kappa shape index (κ2) is 4.10. The van der Waals surface area contributed by atoms with E-state index >= 15 is 0 Å². The number of nitrogens with one attached hydrogen (secondary N) is 2. The number of hydrogen-bond acceptors (Lipinski definition) is 4. The lowest BCUT2D eigenvalue weighted by molar-refractivity contribution is 1.04. The van der Waals surface area contributed by atoms with Crippen molar-refractivity contribution in [3.63, 3.8) is 0 Å². The summed E-state index contributed by atoms with van der Waals surface area (Å²) in [5.74, 6) is 0.948. The molecule has 0 aliphatic heterocycles. The Morgan fingerprint density at radius 3 is 1.67 bits per heavy atom. The maximum absolute atomic E-state index is 12.3. The molecular formula is C16H12N6O2. The molecule has 0 aliphatic rings. The Kier molecular flexibility index (Phi) is 2.23. The molecular weight excluding hydrogens is 308 g/mol. The van der Waals surface area contributed by atoms with Crippen molar-refractivity contribution in [3.8, 4) is 0 Å². The van der Waals surface area contributed by atoms with E-state index < -0.39 is 0 Å². The van der Waals surface area contributed by atoms with E-state index in [-0.39, 0.29) is 11.1 Å². The molecule has 0 fully saturated rings. The fraction of sp³-hybridized carbons (Fsp3) is 0.125. The summed E-state index contributed by atoms with van der Waals surface area (Å²) in [4.78, 5) is 39.8. The first-order valence-electron chi connectivity index (χ1n) is 7.45. The van der Waals surface area contributed by atoms with Gasteiger partial charge in [0.15, 0.2) is 0 Å². The van der Waals surface area contributed by atoms with Crippen LogP contribution >= 0.6 is 0 Å². The molecule has 24 heavy (non-hydrogen) atoms. The normalized spacial score (nSPS) is 12.1. The van der Waals surface area contributed by atoms with Crippen LogP contribution in [-0.4, -0.2) is 28.7 Å². The van der Waals surface area contributed by atoms with Crippen molar-refractivity contribution in [2.75, 3.05) is 0 Å². The fourth-order valence-corrected chi connectivity index (χ4v) is 3.19. The zero-order valence-corrected chi connectivity index (χ0v) is 12.9. The maximum atomic E-state index is 12.3. The number of fused-ring (bicyclic) bond motifs is 6. The van der Waals surface area contributed by atoms with Crippen molar-refractivity contribution >= 4 is 33.6 Å². The van der Waals surface area contributed by atoms with Crippen LogP contribution in [0.1, 0.15) is 11.4 Å². The molecule has 0 saturated carbocycles. The van der Waals surface area contributed by atoms with E-state index in [1.807, 2.05) is 13.8 Å².